The number of aromatic nitrogens is 4. The third-order valence-electron chi connectivity index (χ3n) is 4.71. The predicted molar refractivity (Wildman–Crippen MR) is 87.9 cm³/mol. The zero-order valence-electron chi connectivity index (χ0n) is 14.0. The van der Waals surface area contributed by atoms with Crippen LogP contribution in [0.1, 0.15) is 62.2 Å². The van der Waals surface area contributed by atoms with Gasteiger partial charge in [0.2, 0.25) is 5.91 Å². The second kappa shape index (κ2) is 7.06. The van der Waals surface area contributed by atoms with Crippen molar-refractivity contribution in [2.24, 2.45) is 5.92 Å². The smallest absolute Gasteiger partial charge is 0.255 e. The van der Waals surface area contributed by atoms with Gasteiger partial charge in [-0.3, -0.25) is 9.20 Å². The van der Waals surface area contributed by atoms with Crippen molar-refractivity contribution < 1.29 is 4.79 Å². The SMILES string of the molecule is Cc1cc(C)n2c(CNC(=O)CCC3CCCCC3)nnc2n1. The molecule has 0 saturated heterocycles. The molecule has 0 aromatic carbocycles. The Morgan fingerprint density at radius 3 is 2.83 bits per heavy atom. The average molecular weight is 315 g/mol. The summed E-state index contributed by atoms with van der Waals surface area (Å²) in [4.78, 5) is 16.4. The van der Waals surface area contributed by atoms with E-state index >= 15 is 0 Å². The summed E-state index contributed by atoms with van der Waals surface area (Å²) in [5.41, 5.74) is 1.95. The molecule has 0 radical (unpaired) electrons. The first-order valence-corrected chi connectivity index (χ1v) is 8.58. The molecular formula is C17H25N5O. The second-order valence-corrected chi connectivity index (χ2v) is 6.61. The van der Waals surface area contributed by atoms with Gasteiger partial charge in [0.15, 0.2) is 5.82 Å². The van der Waals surface area contributed by atoms with E-state index in [1.54, 1.807) is 0 Å². The van der Waals surface area contributed by atoms with E-state index in [-0.39, 0.29) is 5.91 Å². The number of hydrogen-bond acceptors (Lipinski definition) is 4. The molecule has 0 unspecified atom stereocenters. The summed E-state index contributed by atoms with van der Waals surface area (Å²) < 4.78 is 1.90. The van der Waals surface area contributed by atoms with Crippen LogP contribution in [-0.4, -0.2) is 25.5 Å². The van der Waals surface area contributed by atoms with Crippen molar-refractivity contribution in [1.82, 2.24) is 24.9 Å². The largest absolute Gasteiger partial charge is 0.349 e. The van der Waals surface area contributed by atoms with Crippen molar-refractivity contribution in [2.45, 2.75) is 65.3 Å². The molecule has 1 N–H and O–H groups in total. The Morgan fingerprint density at radius 1 is 1.26 bits per heavy atom. The topological polar surface area (TPSA) is 72.2 Å². The van der Waals surface area contributed by atoms with Crippen LogP contribution in [0.4, 0.5) is 0 Å². The summed E-state index contributed by atoms with van der Waals surface area (Å²) in [5, 5.41) is 11.2. The molecule has 23 heavy (non-hydrogen) atoms. The summed E-state index contributed by atoms with van der Waals surface area (Å²) >= 11 is 0. The zero-order valence-corrected chi connectivity index (χ0v) is 14.0. The van der Waals surface area contributed by atoms with Crippen LogP contribution in [-0.2, 0) is 11.3 Å². The van der Waals surface area contributed by atoms with Crippen LogP contribution in [0.3, 0.4) is 0 Å². The molecule has 124 valence electrons. The van der Waals surface area contributed by atoms with E-state index in [9.17, 15) is 4.79 Å². The fourth-order valence-corrected chi connectivity index (χ4v) is 3.49. The highest BCUT2D eigenvalue weighted by molar-refractivity contribution is 5.75. The maximum absolute atomic E-state index is 12.1. The van der Waals surface area contributed by atoms with Crippen LogP contribution in [0.15, 0.2) is 6.07 Å². The van der Waals surface area contributed by atoms with Crippen molar-refractivity contribution in [3.05, 3.63) is 23.3 Å². The molecule has 6 nitrogen and oxygen atoms in total. The summed E-state index contributed by atoms with van der Waals surface area (Å²) in [6.45, 7) is 4.34. The number of carbonyl (C=O) groups is 1. The Bertz CT molecular complexity index is 688. The Morgan fingerprint density at radius 2 is 2.04 bits per heavy atom. The number of hydrogen-bond donors (Lipinski definition) is 1. The Hall–Kier alpha value is -1.98. The molecule has 0 aliphatic heterocycles. The van der Waals surface area contributed by atoms with Gasteiger partial charge >= 0.3 is 0 Å². The summed E-state index contributed by atoms with van der Waals surface area (Å²) in [6.07, 6.45) is 8.19. The van der Waals surface area contributed by atoms with Crippen LogP contribution < -0.4 is 5.32 Å². The number of nitrogens with one attached hydrogen (secondary N) is 1. The van der Waals surface area contributed by atoms with Gasteiger partial charge in [-0.05, 0) is 32.3 Å². The van der Waals surface area contributed by atoms with Crippen molar-refractivity contribution in [2.75, 3.05) is 0 Å². The third kappa shape index (κ3) is 3.86. The lowest BCUT2D eigenvalue weighted by atomic mass is 9.86. The van der Waals surface area contributed by atoms with E-state index in [0.717, 1.165) is 29.6 Å². The van der Waals surface area contributed by atoms with E-state index in [0.29, 0.717) is 18.7 Å². The molecule has 1 amide bonds. The third-order valence-corrected chi connectivity index (χ3v) is 4.71. The minimum Gasteiger partial charge on any atom is -0.349 e. The zero-order chi connectivity index (χ0) is 16.2. The van der Waals surface area contributed by atoms with E-state index in [1.165, 1.54) is 32.1 Å². The lowest BCUT2D eigenvalue weighted by Crippen LogP contribution is -2.25. The first kappa shape index (κ1) is 15.9. The molecule has 0 bridgehead atoms. The van der Waals surface area contributed by atoms with E-state index < -0.39 is 0 Å². The number of carbonyl (C=O) groups excluding carboxylic acids is 1. The fraction of sp³-hybridized carbons (Fsp3) is 0.647. The first-order chi connectivity index (χ1) is 11.1. The number of aryl methyl sites for hydroxylation is 2. The molecule has 6 heteroatoms. The Balaban J connectivity index is 1.54. The van der Waals surface area contributed by atoms with Crippen LogP contribution in [0.5, 0.6) is 0 Å². The lowest BCUT2D eigenvalue weighted by molar-refractivity contribution is -0.121. The molecule has 0 atom stereocenters. The van der Waals surface area contributed by atoms with E-state index in [4.69, 9.17) is 0 Å². The van der Waals surface area contributed by atoms with Crippen LogP contribution in [0.25, 0.3) is 5.78 Å². The minimum absolute atomic E-state index is 0.102. The molecule has 1 fully saturated rings. The molecule has 1 aliphatic rings. The molecule has 2 aromatic rings. The van der Waals surface area contributed by atoms with Gasteiger partial charge in [0.05, 0.1) is 6.54 Å². The number of fused-ring (bicyclic) bond motifs is 1. The van der Waals surface area contributed by atoms with Gasteiger partial charge in [0, 0.05) is 17.8 Å². The Kier molecular flexibility index (Phi) is 4.88. The average Bonchev–Trinajstić information content (AvgIpc) is 2.95. The monoisotopic (exact) mass is 315 g/mol. The van der Waals surface area contributed by atoms with Gasteiger partial charge < -0.3 is 5.32 Å². The first-order valence-electron chi connectivity index (χ1n) is 8.58. The maximum Gasteiger partial charge on any atom is 0.255 e. The highest BCUT2D eigenvalue weighted by Crippen LogP contribution is 2.27. The summed E-state index contributed by atoms with van der Waals surface area (Å²) in [6, 6.07) is 1.99. The Labute approximate surface area is 136 Å². The molecule has 1 saturated carbocycles. The van der Waals surface area contributed by atoms with Crippen LogP contribution >= 0.6 is 0 Å². The highest BCUT2D eigenvalue weighted by Gasteiger charge is 2.15. The highest BCUT2D eigenvalue weighted by atomic mass is 16.1. The van der Waals surface area contributed by atoms with Crippen molar-refractivity contribution in [3.8, 4) is 0 Å². The second-order valence-electron chi connectivity index (χ2n) is 6.61. The van der Waals surface area contributed by atoms with Gasteiger partial charge in [0.1, 0.15) is 0 Å². The van der Waals surface area contributed by atoms with Crippen molar-refractivity contribution in [3.63, 3.8) is 0 Å². The summed E-state index contributed by atoms with van der Waals surface area (Å²) in [5.74, 6) is 2.16. The number of amides is 1. The quantitative estimate of drug-likeness (QED) is 0.921. The molecule has 2 aromatic heterocycles. The van der Waals surface area contributed by atoms with Gasteiger partial charge in [-0.15, -0.1) is 10.2 Å². The fourth-order valence-electron chi connectivity index (χ4n) is 3.49. The minimum atomic E-state index is 0.102. The molecule has 0 spiro atoms. The standard InChI is InChI=1S/C17H25N5O/c1-12-10-13(2)22-15(20-21-17(22)19-12)11-18-16(23)9-8-14-6-4-3-5-7-14/h10,14H,3-9,11H2,1-2H3,(H,18,23). The van der Waals surface area contributed by atoms with Crippen LogP contribution in [0.2, 0.25) is 0 Å². The maximum atomic E-state index is 12.1. The molecular weight excluding hydrogens is 290 g/mol. The predicted octanol–water partition coefficient (Wildman–Crippen LogP) is 2.72. The van der Waals surface area contributed by atoms with Gasteiger partial charge in [-0.2, -0.15) is 0 Å². The van der Waals surface area contributed by atoms with E-state index in [2.05, 4.69) is 20.5 Å². The summed E-state index contributed by atoms with van der Waals surface area (Å²) in [7, 11) is 0. The van der Waals surface area contributed by atoms with Crippen molar-refractivity contribution in [1.29, 1.82) is 0 Å². The van der Waals surface area contributed by atoms with Gasteiger partial charge in [-0.1, -0.05) is 32.1 Å². The number of rotatable bonds is 5. The van der Waals surface area contributed by atoms with Crippen molar-refractivity contribution >= 4 is 11.7 Å². The molecule has 3 rings (SSSR count). The molecule has 2 heterocycles. The lowest BCUT2D eigenvalue weighted by Gasteiger charge is -2.20. The molecule has 1 aliphatic carbocycles. The van der Waals surface area contributed by atoms with E-state index in [1.807, 2.05) is 24.3 Å². The van der Waals surface area contributed by atoms with Gasteiger partial charge in [-0.25, -0.2) is 4.98 Å². The van der Waals surface area contributed by atoms with Gasteiger partial charge in [0.25, 0.3) is 5.78 Å². The van der Waals surface area contributed by atoms with Crippen LogP contribution in [0, 0.1) is 19.8 Å². The number of nitrogens with zero attached hydrogens (tertiary/aromatic N) is 4. The normalized spacial score (nSPS) is 15.9.